The van der Waals surface area contributed by atoms with E-state index < -0.39 is 6.10 Å². The van der Waals surface area contributed by atoms with Crippen molar-refractivity contribution in [3.63, 3.8) is 0 Å². The molecule has 1 aromatic rings. The summed E-state index contributed by atoms with van der Waals surface area (Å²) >= 11 is 7.77. The Morgan fingerprint density at radius 3 is 2.88 bits per heavy atom. The second-order valence-electron chi connectivity index (χ2n) is 2.76. The molecule has 5 nitrogen and oxygen atoms in total. The van der Waals surface area contributed by atoms with Crippen molar-refractivity contribution < 1.29 is 5.11 Å². The number of hydrogen-bond acceptors (Lipinski definition) is 6. The minimum absolute atomic E-state index is 0.249. The first-order valence-electron chi connectivity index (χ1n) is 4.40. The largest absolute Gasteiger partial charge is 0.390 e. The molecule has 1 unspecified atom stereocenters. The van der Waals surface area contributed by atoms with Gasteiger partial charge in [0.15, 0.2) is 3.92 Å². The van der Waals surface area contributed by atoms with Gasteiger partial charge < -0.3 is 10.4 Å². The van der Waals surface area contributed by atoms with Crippen molar-refractivity contribution in [2.24, 2.45) is 5.11 Å². The van der Waals surface area contributed by atoms with Gasteiger partial charge in [0.1, 0.15) is 16.4 Å². The first kappa shape index (κ1) is 13.8. The summed E-state index contributed by atoms with van der Waals surface area (Å²) in [7, 11) is 0. The molecule has 0 amide bonds. The quantitative estimate of drug-likeness (QED) is 0.697. The number of aromatic nitrogens is 1. The lowest BCUT2D eigenvalue weighted by Crippen LogP contribution is -2.07. The van der Waals surface area contributed by atoms with E-state index in [-0.39, 0.29) is 5.70 Å². The van der Waals surface area contributed by atoms with Crippen molar-refractivity contribution in [1.29, 1.82) is 5.53 Å². The zero-order valence-corrected chi connectivity index (χ0v) is 12.4. The van der Waals surface area contributed by atoms with E-state index in [0.29, 0.717) is 19.9 Å². The first-order chi connectivity index (χ1) is 7.60. The average Bonchev–Trinajstić information content (AvgIpc) is 2.58. The molecule has 0 spiro atoms. The van der Waals surface area contributed by atoms with Crippen LogP contribution < -0.4 is 5.32 Å². The number of nitrogens with zero attached hydrogens (tertiary/aromatic N) is 2. The highest BCUT2D eigenvalue weighted by molar-refractivity contribution is 9.11. The van der Waals surface area contributed by atoms with Crippen LogP contribution in [-0.4, -0.2) is 16.6 Å². The number of hydrogen-bond donors (Lipinski definition) is 3. The topological polar surface area (TPSA) is 81.4 Å². The van der Waals surface area contributed by atoms with Gasteiger partial charge in [-0.3, -0.25) is 0 Å². The van der Waals surface area contributed by atoms with E-state index in [1.54, 1.807) is 0 Å². The zero-order valence-electron chi connectivity index (χ0n) is 8.37. The van der Waals surface area contributed by atoms with Crippen LogP contribution in [0.3, 0.4) is 0 Å². The summed E-state index contributed by atoms with van der Waals surface area (Å²) in [4.78, 5) is 4.69. The van der Waals surface area contributed by atoms with Crippen molar-refractivity contribution in [3.05, 3.63) is 25.3 Å². The zero-order chi connectivity index (χ0) is 12.1. The van der Waals surface area contributed by atoms with Crippen LogP contribution in [0.4, 0.5) is 0 Å². The summed E-state index contributed by atoms with van der Waals surface area (Å²) in [6.07, 6.45) is 0.576. The Balaban J connectivity index is 2.95. The minimum Gasteiger partial charge on any atom is -0.390 e. The molecule has 0 fully saturated rings. The van der Waals surface area contributed by atoms with Gasteiger partial charge in [-0.15, -0.1) is 11.3 Å². The van der Waals surface area contributed by atoms with Crippen LogP contribution in [-0.2, 0) is 0 Å². The third-order valence-electron chi connectivity index (χ3n) is 1.70. The lowest BCUT2D eigenvalue weighted by atomic mass is 10.2. The molecule has 16 heavy (non-hydrogen) atoms. The molecule has 0 aromatic carbocycles. The van der Waals surface area contributed by atoms with Gasteiger partial charge in [0.25, 0.3) is 0 Å². The van der Waals surface area contributed by atoms with Crippen LogP contribution in [0.1, 0.15) is 17.9 Å². The SMILES string of the molecule is CCN/C=C(\N=N)C(O)c1sc(Br)nc1Br. The second kappa shape index (κ2) is 6.43. The second-order valence-corrected chi connectivity index (χ2v) is 5.82. The van der Waals surface area contributed by atoms with Crippen LogP contribution in [0.25, 0.3) is 0 Å². The number of thiazole rings is 1. The van der Waals surface area contributed by atoms with Gasteiger partial charge in [-0.1, -0.05) is 0 Å². The Hall–Kier alpha value is -0.310. The first-order valence-corrected chi connectivity index (χ1v) is 6.81. The molecule has 1 rings (SSSR count). The predicted molar refractivity (Wildman–Crippen MR) is 69.4 cm³/mol. The molecule has 88 valence electrons. The molecule has 1 aromatic heterocycles. The normalized spacial score (nSPS) is 13.6. The third kappa shape index (κ3) is 3.34. The summed E-state index contributed by atoms with van der Waals surface area (Å²) in [5.41, 5.74) is 7.26. The summed E-state index contributed by atoms with van der Waals surface area (Å²) in [5.74, 6) is 0. The summed E-state index contributed by atoms with van der Waals surface area (Å²) in [5, 5.41) is 16.2. The van der Waals surface area contributed by atoms with E-state index in [4.69, 9.17) is 5.53 Å². The molecule has 0 aliphatic rings. The molecule has 0 saturated heterocycles. The minimum atomic E-state index is -0.949. The van der Waals surface area contributed by atoms with Crippen molar-refractivity contribution in [3.8, 4) is 0 Å². The summed E-state index contributed by atoms with van der Waals surface area (Å²) in [6, 6.07) is 0. The summed E-state index contributed by atoms with van der Waals surface area (Å²) < 4.78 is 1.23. The van der Waals surface area contributed by atoms with Crippen molar-refractivity contribution in [2.45, 2.75) is 13.0 Å². The van der Waals surface area contributed by atoms with Crippen LogP contribution >= 0.6 is 43.2 Å². The number of aliphatic hydroxyl groups excluding tert-OH is 1. The maximum atomic E-state index is 10.00. The molecular formula is C8H10Br2N4OS. The van der Waals surface area contributed by atoms with Gasteiger partial charge in [0.05, 0.1) is 4.88 Å². The molecule has 3 N–H and O–H groups in total. The molecule has 1 heterocycles. The fourth-order valence-electron chi connectivity index (χ4n) is 0.970. The van der Waals surface area contributed by atoms with E-state index in [9.17, 15) is 5.11 Å². The van der Waals surface area contributed by atoms with Gasteiger partial charge in [0.2, 0.25) is 0 Å². The molecule has 0 radical (unpaired) electrons. The molecule has 0 bridgehead atoms. The van der Waals surface area contributed by atoms with Crippen LogP contribution in [0, 0.1) is 5.53 Å². The number of nitrogens with one attached hydrogen (secondary N) is 2. The van der Waals surface area contributed by atoms with E-state index in [1.807, 2.05) is 6.92 Å². The predicted octanol–water partition coefficient (Wildman–Crippen LogP) is 3.18. The highest BCUT2D eigenvalue weighted by atomic mass is 79.9. The Labute approximate surface area is 114 Å². The molecule has 0 aliphatic carbocycles. The van der Waals surface area contributed by atoms with Crippen molar-refractivity contribution >= 4 is 43.2 Å². The molecule has 0 saturated carbocycles. The number of rotatable bonds is 5. The van der Waals surface area contributed by atoms with E-state index in [2.05, 4.69) is 47.3 Å². The number of halogens is 2. The Kier molecular flexibility index (Phi) is 5.53. The third-order valence-corrected chi connectivity index (χ3v) is 4.12. The standard InChI is InChI=1S/C8H10Br2N4OS/c1-2-12-3-4(14-11)5(15)6-7(9)13-8(10)16-6/h3,5,11-12,15H,2H2,1H3/b4-3-,14-11?. The van der Waals surface area contributed by atoms with Gasteiger partial charge >= 0.3 is 0 Å². The molecular weight excluding hydrogens is 360 g/mol. The van der Waals surface area contributed by atoms with E-state index >= 15 is 0 Å². The van der Waals surface area contributed by atoms with E-state index in [0.717, 1.165) is 0 Å². The van der Waals surface area contributed by atoms with Crippen LogP contribution in [0.5, 0.6) is 0 Å². The average molecular weight is 370 g/mol. The lowest BCUT2D eigenvalue weighted by Gasteiger charge is -2.08. The fraction of sp³-hybridized carbons (Fsp3) is 0.375. The monoisotopic (exact) mass is 368 g/mol. The van der Waals surface area contributed by atoms with Crippen molar-refractivity contribution in [2.75, 3.05) is 6.54 Å². The Morgan fingerprint density at radius 1 is 1.75 bits per heavy atom. The maximum Gasteiger partial charge on any atom is 0.160 e. The van der Waals surface area contributed by atoms with Crippen molar-refractivity contribution in [1.82, 2.24) is 10.3 Å². The fourth-order valence-corrected chi connectivity index (χ4v) is 3.34. The molecule has 0 aliphatic heterocycles. The summed E-state index contributed by atoms with van der Waals surface area (Å²) in [6.45, 7) is 2.63. The van der Waals surface area contributed by atoms with Gasteiger partial charge in [-0.25, -0.2) is 10.5 Å². The van der Waals surface area contributed by atoms with E-state index in [1.165, 1.54) is 17.5 Å². The van der Waals surface area contributed by atoms with Gasteiger partial charge in [-0.05, 0) is 38.8 Å². The maximum absolute atomic E-state index is 10.00. The van der Waals surface area contributed by atoms with Gasteiger partial charge in [-0.2, -0.15) is 5.11 Å². The smallest absolute Gasteiger partial charge is 0.160 e. The Bertz CT molecular complexity index is 407. The highest BCUT2D eigenvalue weighted by Gasteiger charge is 2.20. The van der Waals surface area contributed by atoms with Gasteiger partial charge in [0, 0.05) is 12.7 Å². The lowest BCUT2D eigenvalue weighted by molar-refractivity contribution is 0.214. The highest BCUT2D eigenvalue weighted by Crippen LogP contribution is 2.35. The number of aliphatic hydroxyl groups is 1. The van der Waals surface area contributed by atoms with Crippen LogP contribution in [0.15, 0.2) is 25.5 Å². The molecule has 1 atom stereocenters. The molecule has 8 heteroatoms. The van der Waals surface area contributed by atoms with Crippen LogP contribution in [0.2, 0.25) is 0 Å². The Morgan fingerprint density at radius 2 is 2.44 bits per heavy atom.